The first-order chi connectivity index (χ1) is 14.8. The highest BCUT2D eigenvalue weighted by molar-refractivity contribution is 6.05. The van der Waals surface area contributed by atoms with Crippen molar-refractivity contribution in [3.8, 4) is 0 Å². The number of benzene rings is 1. The average molecular weight is 429 g/mol. The fraction of sp³-hybridized carbons (Fsp3) is 0.450. The van der Waals surface area contributed by atoms with Gasteiger partial charge in [0.1, 0.15) is 6.04 Å². The molecule has 1 aromatic carbocycles. The van der Waals surface area contributed by atoms with E-state index >= 15 is 0 Å². The maximum Gasteiger partial charge on any atom is 0.255 e. The number of amides is 4. The van der Waals surface area contributed by atoms with Crippen LogP contribution in [0.2, 0.25) is 0 Å². The van der Waals surface area contributed by atoms with Crippen molar-refractivity contribution in [1.29, 1.82) is 5.41 Å². The second kappa shape index (κ2) is 9.56. The molecular formula is C20H27N7O4. The number of nitrogens with one attached hydrogen (secondary N) is 4. The minimum Gasteiger partial charge on any atom is -0.370 e. The summed E-state index contributed by atoms with van der Waals surface area (Å²) in [7, 11) is 0. The maximum absolute atomic E-state index is 12.7. The zero-order chi connectivity index (χ0) is 22.5. The van der Waals surface area contributed by atoms with Gasteiger partial charge >= 0.3 is 0 Å². The number of fused-ring (bicyclic) bond motifs is 1. The summed E-state index contributed by atoms with van der Waals surface area (Å²) in [5.74, 6) is -1.41. The monoisotopic (exact) mass is 429 g/mol. The van der Waals surface area contributed by atoms with Gasteiger partial charge in [0.25, 0.3) is 5.91 Å². The maximum atomic E-state index is 12.7. The van der Waals surface area contributed by atoms with E-state index in [4.69, 9.17) is 16.9 Å². The Morgan fingerprint density at radius 3 is 2.77 bits per heavy atom. The lowest BCUT2D eigenvalue weighted by Gasteiger charge is -2.29. The molecule has 2 aliphatic rings. The van der Waals surface area contributed by atoms with Gasteiger partial charge in [0, 0.05) is 31.6 Å². The standard InChI is InChI=1S/C20H27N7O4/c21-14(2-1-7-24-20(22)23)17(29)25-9-11-3-4-13-12(8-11)10-27(19(13)31)15-5-6-16(28)26-18(15)30/h3-4,8,14-15H,1-2,5-7,9-10,21H2,(H,25,29)(H4,22,23,24)(H,26,28,30). The third kappa shape index (κ3) is 5.37. The summed E-state index contributed by atoms with van der Waals surface area (Å²) >= 11 is 0. The van der Waals surface area contributed by atoms with Crippen LogP contribution in [0.25, 0.3) is 0 Å². The number of nitrogens with two attached hydrogens (primary N) is 2. The van der Waals surface area contributed by atoms with Crippen LogP contribution in [0.15, 0.2) is 18.2 Å². The fourth-order valence-electron chi connectivity index (χ4n) is 3.73. The Kier molecular flexibility index (Phi) is 6.85. The summed E-state index contributed by atoms with van der Waals surface area (Å²) in [4.78, 5) is 49.9. The van der Waals surface area contributed by atoms with Crippen LogP contribution in [0.3, 0.4) is 0 Å². The van der Waals surface area contributed by atoms with Crippen LogP contribution >= 0.6 is 0 Å². The topological polar surface area (TPSA) is 184 Å². The molecule has 11 nitrogen and oxygen atoms in total. The van der Waals surface area contributed by atoms with Crippen molar-refractivity contribution in [3.05, 3.63) is 34.9 Å². The van der Waals surface area contributed by atoms with E-state index in [1.54, 1.807) is 12.1 Å². The Morgan fingerprint density at radius 2 is 2.06 bits per heavy atom. The van der Waals surface area contributed by atoms with Crippen molar-refractivity contribution in [2.75, 3.05) is 6.54 Å². The quantitative estimate of drug-likeness (QED) is 0.128. The molecule has 4 amide bonds. The van der Waals surface area contributed by atoms with Gasteiger partial charge in [-0.1, -0.05) is 12.1 Å². The zero-order valence-corrected chi connectivity index (χ0v) is 17.1. The zero-order valence-electron chi connectivity index (χ0n) is 17.1. The van der Waals surface area contributed by atoms with Gasteiger partial charge in [-0.25, -0.2) is 0 Å². The summed E-state index contributed by atoms with van der Waals surface area (Å²) < 4.78 is 0. The van der Waals surface area contributed by atoms with Gasteiger partial charge in [0.05, 0.1) is 6.04 Å². The lowest BCUT2D eigenvalue weighted by Crippen LogP contribution is -2.52. The lowest BCUT2D eigenvalue weighted by atomic mass is 10.0. The number of hydrogen-bond donors (Lipinski definition) is 6. The summed E-state index contributed by atoms with van der Waals surface area (Å²) in [6, 6.07) is 3.96. The van der Waals surface area contributed by atoms with Gasteiger partial charge in [-0.15, -0.1) is 0 Å². The predicted octanol–water partition coefficient (Wildman–Crippen LogP) is -1.35. The second-order valence-corrected chi connectivity index (χ2v) is 7.70. The van der Waals surface area contributed by atoms with Gasteiger partial charge < -0.3 is 27.0 Å². The average Bonchev–Trinajstić information content (AvgIpc) is 3.04. The Balaban J connectivity index is 1.53. The van der Waals surface area contributed by atoms with Crippen LogP contribution < -0.4 is 27.4 Å². The molecule has 11 heteroatoms. The molecular weight excluding hydrogens is 402 g/mol. The number of carbonyl (C=O) groups is 4. The Morgan fingerprint density at radius 1 is 1.29 bits per heavy atom. The molecule has 2 atom stereocenters. The number of carbonyl (C=O) groups excluding carboxylic acids is 4. The van der Waals surface area contributed by atoms with E-state index in [0.717, 1.165) is 11.1 Å². The number of hydrogen-bond acceptors (Lipinski definition) is 6. The first kappa shape index (κ1) is 22.2. The molecule has 1 saturated heterocycles. The molecule has 2 unspecified atom stereocenters. The van der Waals surface area contributed by atoms with Gasteiger partial charge in [-0.2, -0.15) is 0 Å². The largest absolute Gasteiger partial charge is 0.370 e. The summed E-state index contributed by atoms with van der Waals surface area (Å²) in [5, 5.41) is 14.8. The van der Waals surface area contributed by atoms with E-state index in [1.807, 2.05) is 6.07 Å². The number of nitrogens with zero attached hydrogens (tertiary/aromatic N) is 1. The first-order valence-corrected chi connectivity index (χ1v) is 10.1. The molecule has 8 N–H and O–H groups in total. The van der Waals surface area contributed by atoms with Crippen molar-refractivity contribution in [2.24, 2.45) is 11.5 Å². The molecule has 1 fully saturated rings. The van der Waals surface area contributed by atoms with E-state index in [-0.39, 0.29) is 43.2 Å². The van der Waals surface area contributed by atoms with Crippen molar-refractivity contribution in [1.82, 2.24) is 20.9 Å². The number of piperidine rings is 1. The van der Waals surface area contributed by atoms with Crippen molar-refractivity contribution < 1.29 is 19.2 Å². The summed E-state index contributed by atoms with van der Waals surface area (Å²) in [6.45, 7) is 1.02. The number of rotatable bonds is 8. The molecule has 0 spiro atoms. The van der Waals surface area contributed by atoms with Gasteiger partial charge in [0.15, 0.2) is 5.96 Å². The lowest BCUT2D eigenvalue weighted by molar-refractivity contribution is -0.137. The first-order valence-electron chi connectivity index (χ1n) is 10.1. The molecule has 1 aromatic rings. The number of imide groups is 1. The van der Waals surface area contributed by atoms with Crippen LogP contribution in [-0.2, 0) is 27.5 Å². The molecule has 0 aliphatic carbocycles. The molecule has 0 bridgehead atoms. The molecule has 2 aliphatic heterocycles. The Labute approximate surface area is 179 Å². The van der Waals surface area contributed by atoms with Gasteiger partial charge in [0.2, 0.25) is 17.7 Å². The Hall–Kier alpha value is -3.47. The van der Waals surface area contributed by atoms with Crippen LogP contribution in [0.5, 0.6) is 0 Å². The van der Waals surface area contributed by atoms with E-state index < -0.39 is 18.0 Å². The van der Waals surface area contributed by atoms with Crippen molar-refractivity contribution >= 4 is 29.6 Å². The number of guanidine groups is 1. The Bertz CT molecular complexity index is 917. The van der Waals surface area contributed by atoms with Crippen LogP contribution in [0, 0.1) is 5.41 Å². The third-order valence-corrected chi connectivity index (χ3v) is 5.40. The minimum atomic E-state index is -0.673. The molecule has 2 heterocycles. The highest BCUT2D eigenvalue weighted by Crippen LogP contribution is 2.28. The molecule has 31 heavy (non-hydrogen) atoms. The predicted molar refractivity (Wildman–Crippen MR) is 111 cm³/mol. The normalized spacial score (nSPS) is 18.9. The molecule has 0 aromatic heterocycles. The smallest absolute Gasteiger partial charge is 0.255 e. The summed E-state index contributed by atoms with van der Waals surface area (Å²) in [5.41, 5.74) is 13.2. The van der Waals surface area contributed by atoms with E-state index in [2.05, 4.69) is 16.0 Å². The highest BCUT2D eigenvalue weighted by Gasteiger charge is 2.39. The highest BCUT2D eigenvalue weighted by atomic mass is 16.2. The SMILES string of the molecule is N=C(N)NCCCC(N)C(=O)NCc1ccc2c(c1)CN(C1CCC(=O)NC1=O)C2=O. The molecule has 0 saturated carbocycles. The summed E-state index contributed by atoms with van der Waals surface area (Å²) in [6.07, 6.45) is 1.57. The fourth-order valence-corrected chi connectivity index (χ4v) is 3.73. The minimum absolute atomic E-state index is 0.121. The van der Waals surface area contributed by atoms with E-state index in [9.17, 15) is 19.2 Å². The van der Waals surface area contributed by atoms with Crippen LogP contribution in [0.4, 0.5) is 0 Å². The van der Waals surface area contributed by atoms with Crippen molar-refractivity contribution in [3.63, 3.8) is 0 Å². The van der Waals surface area contributed by atoms with Gasteiger partial charge in [-0.3, -0.25) is 29.9 Å². The van der Waals surface area contributed by atoms with Gasteiger partial charge in [-0.05, 0) is 36.5 Å². The molecule has 3 rings (SSSR count). The van der Waals surface area contributed by atoms with Crippen molar-refractivity contribution in [2.45, 2.75) is 50.9 Å². The van der Waals surface area contributed by atoms with Crippen LogP contribution in [0.1, 0.15) is 47.2 Å². The molecule has 166 valence electrons. The van der Waals surface area contributed by atoms with E-state index in [1.165, 1.54) is 4.90 Å². The third-order valence-electron chi connectivity index (χ3n) is 5.40. The molecule has 0 radical (unpaired) electrons. The second-order valence-electron chi connectivity index (χ2n) is 7.70. The van der Waals surface area contributed by atoms with Crippen LogP contribution in [-0.4, -0.2) is 53.1 Å². The van der Waals surface area contributed by atoms with E-state index in [0.29, 0.717) is 31.4 Å².